The minimum atomic E-state index is -4.81. The summed E-state index contributed by atoms with van der Waals surface area (Å²) in [5.41, 5.74) is -1.63. The Kier molecular flexibility index (Phi) is 6.31. The van der Waals surface area contributed by atoms with E-state index < -0.39 is 23.6 Å². The van der Waals surface area contributed by atoms with Crippen LogP contribution < -0.4 is 5.32 Å². The molecule has 0 saturated carbocycles. The number of amides is 1. The number of carbonyl (C=O) groups is 1. The highest BCUT2D eigenvalue weighted by Crippen LogP contribution is 2.36. The van der Waals surface area contributed by atoms with E-state index in [1.165, 1.54) is 33.9 Å². The molecule has 0 fully saturated rings. The molecule has 6 nitrogen and oxygen atoms in total. The summed E-state index contributed by atoms with van der Waals surface area (Å²) in [6.45, 7) is 3.37. The van der Waals surface area contributed by atoms with Crippen LogP contribution in [0.4, 0.5) is 26.3 Å². The van der Waals surface area contributed by atoms with E-state index in [0.29, 0.717) is 22.5 Å². The van der Waals surface area contributed by atoms with E-state index in [2.05, 4.69) is 9.97 Å². The Labute approximate surface area is 182 Å². The van der Waals surface area contributed by atoms with Gasteiger partial charge < -0.3 is 9.88 Å². The Morgan fingerprint density at radius 3 is 2.47 bits per heavy atom. The second kappa shape index (κ2) is 8.52. The van der Waals surface area contributed by atoms with E-state index in [1.54, 1.807) is 12.4 Å². The fourth-order valence-electron chi connectivity index (χ4n) is 2.97. The number of aromatic nitrogens is 4. The van der Waals surface area contributed by atoms with Crippen molar-refractivity contribution >= 4 is 29.9 Å². The fourth-order valence-corrected chi connectivity index (χ4v) is 3.81. The first-order valence-electron chi connectivity index (χ1n) is 9.13. The molecule has 3 aromatic rings. The SMILES string of the molecule is CCSc1c(-c2nc(/C=C(\NC=O)C(F)(F)F)c(C)n2C)nc2cc(C(F)(F)F)ccn12. The van der Waals surface area contributed by atoms with Gasteiger partial charge in [0.2, 0.25) is 6.41 Å². The van der Waals surface area contributed by atoms with Crippen molar-refractivity contribution in [3.8, 4) is 11.5 Å². The molecule has 3 heterocycles. The lowest BCUT2D eigenvalue weighted by atomic mass is 10.2. The third-order valence-corrected chi connectivity index (χ3v) is 5.57. The fraction of sp³-hybridized carbons (Fsp3) is 0.316. The Morgan fingerprint density at radius 2 is 1.91 bits per heavy atom. The van der Waals surface area contributed by atoms with Crippen molar-refractivity contribution in [2.24, 2.45) is 7.05 Å². The number of hydrogen-bond acceptors (Lipinski definition) is 4. The summed E-state index contributed by atoms with van der Waals surface area (Å²) in [6, 6.07) is 1.83. The van der Waals surface area contributed by atoms with Crippen molar-refractivity contribution in [2.75, 3.05) is 5.75 Å². The van der Waals surface area contributed by atoms with Crippen molar-refractivity contribution < 1.29 is 31.1 Å². The zero-order valence-electron chi connectivity index (χ0n) is 17.0. The first-order valence-corrected chi connectivity index (χ1v) is 10.1. The molecule has 0 unspecified atom stereocenters. The second-order valence-corrected chi connectivity index (χ2v) is 7.88. The quantitative estimate of drug-likeness (QED) is 0.314. The van der Waals surface area contributed by atoms with Crippen molar-refractivity contribution in [3.63, 3.8) is 0 Å². The van der Waals surface area contributed by atoms with Gasteiger partial charge in [-0.2, -0.15) is 26.3 Å². The maximum absolute atomic E-state index is 13.2. The van der Waals surface area contributed by atoms with Crippen LogP contribution in [-0.2, 0) is 18.0 Å². The third-order valence-electron chi connectivity index (χ3n) is 4.62. The van der Waals surface area contributed by atoms with Crippen LogP contribution in [0.25, 0.3) is 23.2 Å². The van der Waals surface area contributed by atoms with Crippen LogP contribution in [0, 0.1) is 6.92 Å². The van der Waals surface area contributed by atoms with Gasteiger partial charge in [-0.05, 0) is 30.9 Å². The highest BCUT2D eigenvalue weighted by atomic mass is 32.2. The molecule has 1 N–H and O–H groups in total. The van der Waals surface area contributed by atoms with E-state index in [-0.39, 0.29) is 29.3 Å². The molecule has 13 heteroatoms. The largest absolute Gasteiger partial charge is 0.431 e. The zero-order valence-corrected chi connectivity index (χ0v) is 17.8. The summed E-state index contributed by atoms with van der Waals surface area (Å²) in [4.78, 5) is 19.1. The van der Waals surface area contributed by atoms with Crippen LogP contribution >= 0.6 is 11.8 Å². The number of pyridine rings is 1. The first-order chi connectivity index (χ1) is 14.9. The van der Waals surface area contributed by atoms with Crippen LogP contribution in [-0.4, -0.2) is 37.3 Å². The molecular formula is C19H17F6N5OS. The minimum absolute atomic E-state index is 0.0297. The Balaban J connectivity index is 2.21. The summed E-state index contributed by atoms with van der Waals surface area (Å²) in [6.07, 6.45) is -7.51. The Bertz CT molecular complexity index is 1190. The minimum Gasteiger partial charge on any atom is -0.329 e. The lowest BCUT2D eigenvalue weighted by Crippen LogP contribution is -2.25. The Morgan fingerprint density at radius 1 is 1.22 bits per heavy atom. The number of halogens is 6. The molecule has 0 atom stereocenters. The number of allylic oxidation sites excluding steroid dienone is 1. The number of hydrogen-bond donors (Lipinski definition) is 1. The van der Waals surface area contributed by atoms with E-state index in [0.717, 1.165) is 12.1 Å². The molecule has 3 rings (SSSR count). The molecule has 0 spiro atoms. The van der Waals surface area contributed by atoms with Crippen molar-refractivity contribution in [3.05, 3.63) is 41.0 Å². The standard InChI is InChI=1S/C19H17F6N5OS/c1-4-32-17-15(28-14-7-11(18(20,21)22)5-6-30(14)17)16-27-12(10(2)29(16)3)8-13(26-9-31)19(23,24)25/h5-9H,4H2,1-3H3,(H,26,31)/b13-8-. The summed E-state index contributed by atoms with van der Waals surface area (Å²) >= 11 is 1.31. The molecule has 172 valence electrons. The topological polar surface area (TPSA) is 64.2 Å². The van der Waals surface area contributed by atoms with Crippen molar-refractivity contribution in [1.29, 1.82) is 0 Å². The molecular weight excluding hydrogens is 460 g/mol. The summed E-state index contributed by atoms with van der Waals surface area (Å²) in [5.74, 6) is 0.744. The van der Waals surface area contributed by atoms with E-state index in [1.807, 2.05) is 6.92 Å². The van der Waals surface area contributed by atoms with Gasteiger partial charge in [0, 0.05) is 18.9 Å². The number of alkyl halides is 6. The molecule has 0 aliphatic rings. The monoisotopic (exact) mass is 477 g/mol. The number of fused-ring (bicyclic) bond motifs is 1. The predicted molar refractivity (Wildman–Crippen MR) is 107 cm³/mol. The first kappa shape index (κ1) is 23.7. The lowest BCUT2D eigenvalue weighted by Gasteiger charge is -2.09. The second-order valence-electron chi connectivity index (χ2n) is 6.62. The molecule has 0 saturated heterocycles. The highest BCUT2D eigenvalue weighted by molar-refractivity contribution is 7.99. The number of nitrogens with zero attached hydrogens (tertiary/aromatic N) is 4. The van der Waals surface area contributed by atoms with Crippen molar-refractivity contribution in [2.45, 2.75) is 31.2 Å². The van der Waals surface area contributed by atoms with Crippen molar-refractivity contribution in [1.82, 2.24) is 24.3 Å². The number of rotatable bonds is 6. The molecule has 0 radical (unpaired) electrons. The summed E-state index contributed by atoms with van der Waals surface area (Å²) in [5, 5.41) is 2.12. The molecule has 1 amide bonds. The number of imidazole rings is 2. The normalized spacial score (nSPS) is 13.1. The molecule has 0 bridgehead atoms. The van der Waals surface area contributed by atoms with E-state index in [4.69, 9.17) is 0 Å². The predicted octanol–water partition coefficient (Wildman–Crippen LogP) is 4.82. The van der Waals surface area contributed by atoms with Gasteiger partial charge in [-0.15, -0.1) is 11.8 Å². The van der Waals surface area contributed by atoms with E-state index >= 15 is 0 Å². The maximum atomic E-state index is 13.2. The van der Waals surface area contributed by atoms with Crippen LogP contribution in [0.5, 0.6) is 0 Å². The highest BCUT2D eigenvalue weighted by Gasteiger charge is 2.35. The van der Waals surface area contributed by atoms with Crippen LogP contribution in [0.3, 0.4) is 0 Å². The van der Waals surface area contributed by atoms with Gasteiger partial charge in [-0.1, -0.05) is 6.92 Å². The van der Waals surface area contributed by atoms with Gasteiger partial charge >= 0.3 is 12.4 Å². The third kappa shape index (κ3) is 4.47. The van der Waals surface area contributed by atoms with Crippen LogP contribution in [0.1, 0.15) is 23.9 Å². The van der Waals surface area contributed by atoms with E-state index in [9.17, 15) is 31.1 Å². The zero-order chi connectivity index (χ0) is 23.8. The molecule has 32 heavy (non-hydrogen) atoms. The number of nitrogens with one attached hydrogen (secondary N) is 1. The van der Waals surface area contributed by atoms with Gasteiger partial charge in [0.15, 0.2) is 5.82 Å². The smallest absolute Gasteiger partial charge is 0.329 e. The van der Waals surface area contributed by atoms with Gasteiger partial charge in [0.05, 0.1) is 11.3 Å². The summed E-state index contributed by atoms with van der Waals surface area (Å²) in [7, 11) is 1.56. The van der Waals surface area contributed by atoms with Crippen LogP contribution in [0.2, 0.25) is 0 Å². The molecule has 0 aliphatic carbocycles. The Hall–Kier alpha value is -2.96. The molecule has 3 aromatic heterocycles. The van der Waals surface area contributed by atoms with Crippen LogP contribution in [0.15, 0.2) is 29.1 Å². The summed E-state index contributed by atoms with van der Waals surface area (Å²) < 4.78 is 81.8. The average molecular weight is 477 g/mol. The van der Waals surface area contributed by atoms with Gasteiger partial charge in [0.25, 0.3) is 0 Å². The average Bonchev–Trinajstić information content (AvgIpc) is 3.18. The van der Waals surface area contributed by atoms with Gasteiger partial charge in [0.1, 0.15) is 22.1 Å². The molecule has 0 aromatic carbocycles. The lowest BCUT2D eigenvalue weighted by molar-refractivity contribution is -0.137. The number of carbonyl (C=O) groups excluding carboxylic acids is 1. The van der Waals surface area contributed by atoms with Gasteiger partial charge in [-0.25, -0.2) is 9.97 Å². The van der Waals surface area contributed by atoms with Gasteiger partial charge in [-0.3, -0.25) is 9.20 Å². The maximum Gasteiger partial charge on any atom is 0.431 e. The molecule has 0 aliphatic heterocycles. The number of thioether (sulfide) groups is 1.